The predicted molar refractivity (Wildman–Crippen MR) is 80.7 cm³/mol. The van der Waals surface area contributed by atoms with Crippen molar-refractivity contribution in [3.8, 4) is 0 Å². The minimum absolute atomic E-state index is 0.189. The molecule has 0 radical (unpaired) electrons. The lowest BCUT2D eigenvalue weighted by Gasteiger charge is -2.25. The summed E-state index contributed by atoms with van der Waals surface area (Å²) in [4.78, 5) is 2.50. The number of halogens is 2. The standard InChI is InChI=1S/C15H22BrFN2/c1-2-7-18-10-13-4-3-8-19(13)11-12-5-6-15(17)14(16)9-12/h5-6,9,13,18H,2-4,7-8,10-11H2,1H3. The molecule has 1 aliphatic heterocycles. The molecule has 1 aromatic rings. The number of hydrogen-bond acceptors (Lipinski definition) is 2. The van der Waals surface area contributed by atoms with E-state index in [1.54, 1.807) is 6.07 Å². The zero-order valence-electron chi connectivity index (χ0n) is 11.5. The SMILES string of the molecule is CCCNCC1CCCN1Cc1ccc(F)c(Br)c1. The van der Waals surface area contributed by atoms with Crippen LogP contribution in [0.2, 0.25) is 0 Å². The van der Waals surface area contributed by atoms with E-state index in [0.717, 1.165) is 26.2 Å². The average Bonchev–Trinajstić information content (AvgIpc) is 2.82. The van der Waals surface area contributed by atoms with Crippen molar-refractivity contribution in [1.29, 1.82) is 0 Å². The van der Waals surface area contributed by atoms with E-state index in [1.165, 1.54) is 24.8 Å². The number of hydrogen-bond donors (Lipinski definition) is 1. The van der Waals surface area contributed by atoms with Gasteiger partial charge in [0.25, 0.3) is 0 Å². The van der Waals surface area contributed by atoms with Crippen molar-refractivity contribution in [2.24, 2.45) is 0 Å². The fourth-order valence-electron chi connectivity index (χ4n) is 2.65. The van der Waals surface area contributed by atoms with Crippen LogP contribution in [0.4, 0.5) is 4.39 Å². The van der Waals surface area contributed by atoms with Crippen molar-refractivity contribution >= 4 is 15.9 Å². The summed E-state index contributed by atoms with van der Waals surface area (Å²) in [6.45, 7) is 6.41. The first-order chi connectivity index (χ1) is 9.20. The van der Waals surface area contributed by atoms with Gasteiger partial charge in [0.1, 0.15) is 5.82 Å². The lowest BCUT2D eigenvalue weighted by Crippen LogP contribution is -2.37. The second kappa shape index (κ2) is 7.36. The second-order valence-electron chi connectivity index (χ2n) is 5.22. The highest BCUT2D eigenvalue weighted by Gasteiger charge is 2.23. The predicted octanol–water partition coefficient (Wildman–Crippen LogP) is 3.55. The fraction of sp³-hybridized carbons (Fsp3) is 0.600. The fourth-order valence-corrected chi connectivity index (χ4v) is 3.08. The van der Waals surface area contributed by atoms with Gasteiger partial charge in [0.2, 0.25) is 0 Å². The number of rotatable bonds is 6. The maximum atomic E-state index is 13.2. The van der Waals surface area contributed by atoms with Crippen molar-refractivity contribution in [3.63, 3.8) is 0 Å². The molecule has 2 rings (SSSR count). The molecule has 4 heteroatoms. The monoisotopic (exact) mass is 328 g/mol. The van der Waals surface area contributed by atoms with Crippen LogP contribution in [0.1, 0.15) is 31.7 Å². The van der Waals surface area contributed by atoms with Gasteiger partial charge in [-0.05, 0) is 66.0 Å². The van der Waals surface area contributed by atoms with Gasteiger partial charge in [-0.1, -0.05) is 13.0 Å². The molecule has 0 aromatic heterocycles. The first-order valence-electron chi connectivity index (χ1n) is 7.09. The Balaban J connectivity index is 1.91. The number of nitrogens with one attached hydrogen (secondary N) is 1. The molecular formula is C15H22BrFN2. The van der Waals surface area contributed by atoms with E-state index >= 15 is 0 Å². The molecule has 106 valence electrons. The Morgan fingerprint density at radius 2 is 2.32 bits per heavy atom. The third-order valence-corrected chi connectivity index (χ3v) is 4.28. The second-order valence-corrected chi connectivity index (χ2v) is 6.07. The Labute approximate surface area is 123 Å². The van der Waals surface area contributed by atoms with Crippen LogP contribution in [-0.2, 0) is 6.54 Å². The lowest BCUT2D eigenvalue weighted by atomic mass is 10.1. The molecule has 1 unspecified atom stereocenters. The highest BCUT2D eigenvalue weighted by molar-refractivity contribution is 9.10. The highest BCUT2D eigenvalue weighted by atomic mass is 79.9. The third-order valence-electron chi connectivity index (χ3n) is 3.68. The zero-order chi connectivity index (χ0) is 13.7. The Hall–Kier alpha value is -0.450. The maximum Gasteiger partial charge on any atom is 0.137 e. The van der Waals surface area contributed by atoms with Crippen molar-refractivity contribution in [1.82, 2.24) is 10.2 Å². The van der Waals surface area contributed by atoms with Crippen LogP contribution >= 0.6 is 15.9 Å². The molecule has 0 spiro atoms. The van der Waals surface area contributed by atoms with E-state index in [2.05, 4.69) is 33.1 Å². The maximum absolute atomic E-state index is 13.2. The van der Waals surface area contributed by atoms with Crippen LogP contribution in [0.5, 0.6) is 0 Å². The van der Waals surface area contributed by atoms with Gasteiger partial charge in [0, 0.05) is 19.1 Å². The Morgan fingerprint density at radius 1 is 1.47 bits per heavy atom. The zero-order valence-corrected chi connectivity index (χ0v) is 13.0. The summed E-state index contributed by atoms with van der Waals surface area (Å²) in [6.07, 6.45) is 3.71. The average molecular weight is 329 g/mol. The number of benzene rings is 1. The van der Waals surface area contributed by atoms with Crippen molar-refractivity contribution in [2.45, 2.75) is 38.8 Å². The molecular weight excluding hydrogens is 307 g/mol. The van der Waals surface area contributed by atoms with Crippen LogP contribution in [0.15, 0.2) is 22.7 Å². The largest absolute Gasteiger partial charge is 0.315 e. The van der Waals surface area contributed by atoms with Gasteiger partial charge < -0.3 is 5.32 Å². The molecule has 1 heterocycles. The molecule has 1 saturated heterocycles. The van der Waals surface area contributed by atoms with E-state index in [4.69, 9.17) is 0 Å². The minimum Gasteiger partial charge on any atom is -0.315 e. The van der Waals surface area contributed by atoms with Crippen molar-refractivity contribution < 1.29 is 4.39 Å². The van der Waals surface area contributed by atoms with Gasteiger partial charge >= 0.3 is 0 Å². The van der Waals surface area contributed by atoms with Crippen molar-refractivity contribution in [2.75, 3.05) is 19.6 Å². The summed E-state index contributed by atoms with van der Waals surface area (Å²) in [7, 11) is 0. The molecule has 2 nitrogen and oxygen atoms in total. The molecule has 0 bridgehead atoms. The van der Waals surface area contributed by atoms with Gasteiger partial charge in [0.15, 0.2) is 0 Å². The summed E-state index contributed by atoms with van der Waals surface area (Å²) in [5, 5.41) is 3.50. The summed E-state index contributed by atoms with van der Waals surface area (Å²) in [5.41, 5.74) is 1.18. The van der Waals surface area contributed by atoms with E-state index in [1.807, 2.05) is 12.1 Å². The highest BCUT2D eigenvalue weighted by Crippen LogP contribution is 2.22. The molecule has 0 aliphatic carbocycles. The molecule has 0 amide bonds. The quantitative estimate of drug-likeness (QED) is 0.803. The number of likely N-dealkylation sites (tertiary alicyclic amines) is 1. The van der Waals surface area contributed by atoms with Crippen LogP contribution < -0.4 is 5.32 Å². The normalized spacial score (nSPS) is 20.1. The van der Waals surface area contributed by atoms with Gasteiger partial charge in [0.05, 0.1) is 4.47 Å². The Bertz CT molecular complexity index is 411. The first kappa shape index (κ1) is 14.9. The van der Waals surface area contributed by atoms with Gasteiger partial charge in [-0.3, -0.25) is 4.90 Å². The smallest absolute Gasteiger partial charge is 0.137 e. The Kier molecular flexibility index (Phi) is 5.79. The first-order valence-corrected chi connectivity index (χ1v) is 7.88. The Morgan fingerprint density at radius 3 is 3.05 bits per heavy atom. The van der Waals surface area contributed by atoms with Crippen molar-refractivity contribution in [3.05, 3.63) is 34.1 Å². The third kappa shape index (κ3) is 4.26. The summed E-state index contributed by atoms with van der Waals surface area (Å²) >= 11 is 3.26. The minimum atomic E-state index is -0.189. The van der Waals surface area contributed by atoms with E-state index in [9.17, 15) is 4.39 Å². The van der Waals surface area contributed by atoms with Gasteiger partial charge in [-0.15, -0.1) is 0 Å². The van der Waals surface area contributed by atoms with E-state index in [0.29, 0.717) is 10.5 Å². The molecule has 1 N–H and O–H groups in total. The van der Waals surface area contributed by atoms with Crippen LogP contribution in [0.3, 0.4) is 0 Å². The van der Waals surface area contributed by atoms with Crippen LogP contribution in [0, 0.1) is 5.82 Å². The summed E-state index contributed by atoms with van der Waals surface area (Å²) in [6, 6.07) is 5.94. The van der Waals surface area contributed by atoms with Gasteiger partial charge in [-0.2, -0.15) is 0 Å². The van der Waals surface area contributed by atoms with Crippen LogP contribution in [0.25, 0.3) is 0 Å². The molecule has 19 heavy (non-hydrogen) atoms. The summed E-state index contributed by atoms with van der Waals surface area (Å²) in [5.74, 6) is -0.189. The molecule has 0 saturated carbocycles. The number of nitrogens with zero attached hydrogens (tertiary/aromatic N) is 1. The molecule has 1 aliphatic rings. The molecule has 1 fully saturated rings. The molecule has 1 aromatic carbocycles. The van der Waals surface area contributed by atoms with E-state index < -0.39 is 0 Å². The van der Waals surface area contributed by atoms with Gasteiger partial charge in [-0.25, -0.2) is 4.39 Å². The molecule has 1 atom stereocenters. The van der Waals surface area contributed by atoms with E-state index in [-0.39, 0.29) is 5.82 Å². The summed E-state index contributed by atoms with van der Waals surface area (Å²) < 4.78 is 13.8. The topological polar surface area (TPSA) is 15.3 Å². The lowest BCUT2D eigenvalue weighted by molar-refractivity contribution is 0.239. The van der Waals surface area contributed by atoms with Crippen LogP contribution in [-0.4, -0.2) is 30.6 Å².